The standard InChI is InChI=1S/C13H11N3O3S2/c14-21(18,19)9-3-1-8(2-4-9)15-13(17)11-7-12-10(16-11)5-6-20-12/h1-7,16H,(H,15,17)(H2,14,18,19). The van der Waals surface area contributed by atoms with Crippen LogP contribution >= 0.6 is 11.3 Å². The number of amides is 1. The van der Waals surface area contributed by atoms with Gasteiger partial charge in [0.2, 0.25) is 10.0 Å². The van der Waals surface area contributed by atoms with E-state index in [0.29, 0.717) is 11.4 Å². The fraction of sp³-hybridized carbons (Fsp3) is 0. The number of benzene rings is 1. The molecule has 0 atom stereocenters. The molecule has 0 spiro atoms. The minimum absolute atomic E-state index is 0.000821. The van der Waals surface area contributed by atoms with Crippen molar-refractivity contribution in [2.45, 2.75) is 4.90 Å². The summed E-state index contributed by atoms with van der Waals surface area (Å²) in [5.74, 6) is -0.290. The number of rotatable bonds is 3. The van der Waals surface area contributed by atoms with Gasteiger partial charge in [-0.15, -0.1) is 11.3 Å². The van der Waals surface area contributed by atoms with Gasteiger partial charge in [-0.05, 0) is 41.8 Å². The highest BCUT2D eigenvalue weighted by Gasteiger charge is 2.11. The summed E-state index contributed by atoms with van der Waals surface area (Å²) < 4.78 is 23.3. The van der Waals surface area contributed by atoms with Gasteiger partial charge in [0.05, 0.1) is 15.1 Å². The number of carbonyl (C=O) groups excluding carboxylic acids is 1. The third kappa shape index (κ3) is 2.82. The molecule has 108 valence electrons. The number of aromatic amines is 1. The van der Waals surface area contributed by atoms with Crippen LogP contribution in [0.4, 0.5) is 5.69 Å². The van der Waals surface area contributed by atoms with Crippen LogP contribution in [0.3, 0.4) is 0 Å². The molecule has 21 heavy (non-hydrogen) atoms. The topological polar surface area (TPSA) is 105 Å². The molecule has 2 aromatic heterocycles. The maximum Gasteiger partial charge on any atom is 0.272 e. The minimum Gasteiger partial charge on any atom is -0.350 e. The Hall–Kier alpha value is -2.16. The van der Waals surface area contributed by atoms with Crippen LogP contribution in [0.15, 0.2) is 46.7 Å². The average Bonchev–Trinajstić information content (AvgIpc) is 2.98. The third-order valence-corrected chi connectivity index (χ3v) is 4.72. The van der Waals surface area contributed by atoms with Crippen molar-refractivity contribution in [3.8, 4) is 0 Å². The van der Waals surface area contributed by atoms with Crippen molar-refractivity contribution < 1.29 is 13.2 Å². The molecular formula is C13H11N3O3S2. The first-order valence-corrected chi connectivity index (χ1v) is 8.36. The SMILES string of the molecule is NS(=O)(=O)c1ccc(NC(=O)c2cc3sccc3[nH]2)cc1. The molecule has 0 saturated heterocycles. The van der Waals surface area contributed by atoms with Crippen LogP contribution < -0.4 is 10.5 Å². The van der Waals surface area contributed by atoms with Gasteiger partial charge in [-0.2, -0.15) is 0 Å². The molecule has 8 heteroatoms. The van der Waals surface area contributed by atoms with E-state index >= 15 is 0 Å². The van der Waals surface area contributed by atoms with E-state index in [2.05, 4.69) is 10.3 Å². The smallest absolute Gasteiger partial charge is 0.272 e. The molecule has 0 saturated carbocycles. The molecule has 1 aromatic carbocycles. The number of primary sulfonamides is 1. The number of sulfonamides is 1. The molecule has 0 bridgehead atoms. The first-order valence-electron chi connectivity index (χ1n) is 5.94. The number of aromatic nitrogens is 1. The summed E-state index contributed by atoms with van der Waals surface area (Å²) in [4.78, 5) is 15.1. The Morgan fingerprint density at radius 3 is 2.52 bits per heavy atom. The normalized spacial score (nSPS) is 11.7. The first-order chi connectivity index (χ1) is 9.93. The van der Waals surface area contributed by atoms with Crippen molar-refractivity contribution in [3.63, 3.8) is 0 Å². The molecule has 0 unspecified atom stereocenters. The van der Waals surface area contributed by atoms with Gasteiger partial charge in [-0.1, -0.05) is 0 Å². The van der Waals surface area contributed by atoms with Gasteiger partial charge < -0.3 is 10.3 Å². The second-order valence-electron chi connectivity index (χ2n) is 4.41. The molecule has 0 fully saturated rings. The second kappa shape index (κ2) is 4.99. The minimum atomic E-state index is -3.73. The monoisotopic (exact) mass is 321 g/mol. The van der Waals surface area contributed by atoms with Gasteiger partial charge in [-0.3, -0.25) is 4.79 Å². The highest BCUT2D eigenvalue weighted by Crippen LogP contribution is 2.22. The summed E-state index contributed by atoms with van der Waals surface area (Å²) in [6, 6.07) is 9.34. The van der Waals surface area contributed by atoms with Crippen LogP contribution in [0.2, 0.25) is 0 Å². The number of hydrogen-bond acceptors (Lipinski definition) is 4. The molecule has 3 aromatic rings. The van der Waals surface area contributed by atoms with Crippen LogP contribution in [-0.4, -0.2) is 19.3 Å². The van der Waals surface area contributed by atoms with E-state index < -0.39 is 10.0 Å². The van der Waals surface area contributed by atoms with E-state index in [9.17, 15) is 13.2 Å². The first kappa shape index (κ1) is 13.8. The van der Waals surface area contributed by atoms with E-state index in [1.807, 2.05) is 11.4 Å². The Morgan fingerprint density at radius 2 is 1.90 bits per heavy atom. The summed E-state index contributed by atoms with van der Waals surface area (Å²) in [6.45, 7) is 0. The number of nitrogens with one attached hydrogen (secondary N) is 2. The lowest BCUT2D eigenvalue weighted by Crippen LogP contribution is -2.14. The highest BCUT2D eigenvalue weighted by molar-refractivity contribution is 7.89. The van der Waals surface area contributed by atoms with E-state index in [4.69, 9.17) is 5.14 Å². The fourth-order valence-electron chi connectivity index (χ4n) is 1.90. The summed E-state index contributed by atoms with van der Waals surface area (Å²) in [7, 11) is -3.73. The lowest BCUT2D eigenvalue weighted by atomic mass is 10.3. The molecule has 0 aliphatic rings. The molecule has 6 nitrogen and oxygen atoms in total. The second-order valence-corrected chi connectivity index (χ2v) is 6.91. The summed E-state index contributed by atoms with van der Waals surface area (Å²) >= 11 is 1.54. The largest absolute Gasteiger partial charge is 0.350 e. The van der Waals surface area contributed by atoms with Gasteiger partial charge >= 0.3 is 0 Å². The van der Waals surface area contributed by atoms with Gasteiger partial charge in [0.25, 0.3) is 5.91 Å². The van der Waals surface area contributed by atoms with Gasteiger partial charge in [-0.25, -0.2) is 13.6 Å². The number of H-pyrrole nitrogens is 1. The Labute approximate surface area is 124 Å². The molecule has 3 rings (SSSR count). The van der Waals surface area contributed by atoms with E-state index in [1.165, 1.54) is 24.3 Å². The van der Waals surface area contributed by atoms with Crippen LogP contribution in [0.1, 0.15) is 10.5 Å². The maximum absolute atomic E-state index is 12.1. The molecule has 0 aliphatic heterocycles. The van der Waals surface area contributed by atoms with Gasteiger partial charge in [0.1, 0.15) is 5.69 Å². The molecule has 2 heterocycles. The zero-order chi connectivity index (χ0) is 15.0. The maximum atomic E-state index is 12.1. The van der Waals surface area contributed by atoms with Crippen LogP contribution in [0.5, 0.6) is 0 Å². The van der Waals surface area contributed by atoms with Crippen molar-refractivity contribution in [2.24, 2.45) is 5.14 Å². The number of hydrogen-bond donors (Lipinski definition) is 3. The Balaban J connectivity index is 1.80. The van der Waals surface area contributed by atoms with Crippen LogP contribution in [0, 0.1) is 0 Å². The number of fused-ring (bicyclic) bond motifs is 1. The number of anilines is 1. The van der Waals surface area contributed by atoms with Gasteiger partial charge in [0, 0.05) is 5.69 Å². The number of nitrogens with two attached hydrogens (primary N) is 1. The number of carbonyl (C=O) groups is 1. The quantitative estimate of drug-likeness (QED) is 0.688. The Morgan fingerprint density at radius 1 is 1.19 bits per heavy atom. The van der Waals surface area contributed by atoms with Crippen molar-refractivity contribution in [3.05, 3.63) is 47.5 Å². The third-order valence-electron chi connectivity index (χ3n) is 2.93. The Kier molecular flexibility index (Phi) is 3.28. The summed E-state index contributed by atoms with van der Waals surface area (Å²) in [5, 5.41) is 9.64. The molecular weight excluding hydrogens is 310 g/mol. The predicted molar refractivity (Wildman–Crippen MR) is 81.9 cm³/mol. The molecule has 0 aliphatic carbocycles. The van der Waals surface area contributed by atoms with Crippen LogP contribution in [-0.2, 0) is 10.0 Å². The van der Waals surface area contributed by atoms with Crippen molar-refractivity contribution in [2.75, 3.05) is 5.32 Å². The van der Waals surface area contributed by atoms with Crippen molar-refractivity contribution in [1.29, 1.82) is 0 Å². The molecule has 4 N–H and O–H groups in total. The van der Waals surface area contributed by atoms with Crippen molar-refractivity contribution in [1.82, 2.24) is 4.98 Å². The lowest BCUT2D eigenvalue weighted by molar-refractivity contribution is 0.102. The zero-order valence-electron chi connectivity index (χ0n) is 10.7. The van der Waals surface area contributed by atoms with Crippen molar-refractivity contribution >= 4 is 43.2 Å². The highest BCUT2D eigenvalue weighted by atomic mass is 32.2. The fourth-order valence-corrected chi connectivity index (χ4v) is 3.20. The van der Waals surface area contributed by atoms with E-state index in [0.717, 1.165) is 10.2 Å². The summed E-state index contributed by atoms with van der Waals surface area (Å²) in [6.07, 6.45) is 0. The predicted octanol–water partition coefficient (Wildman–Crippen LogP) is 2.13. The molecule has 0 radical (unpaired) electrons. The average molecular weight is 321 g/mol. The Bertz CT molecular complexity index is 879. The van der Waals surface area contributed by atoms with Gasteiger partial charge in [0.15, 0.2) is 0 Å². The zero-order valence-corrected chi connectivity index (χ0v) is 12.3. The van der Waals surface area contributed by atoms with Crippen LogP contribution in [0.25, 0.3) is 10.2 Å². The van der Waals surface area contributed by atoms with E-state index in [1.54, 1.807) is 17.4 Å². The summed E-state index contributed by atoms with van der Waals surface area (Å²) in [5.41, 5.74) is 1.85. The number of thiophene rings is 1. The van der Waals surface area contributed by atoms with E-state index in [-0.39, 0.29) is 10.8 Å². The molecule has 1 amide bonds. The lowest BCUT2D eigenvalue weighted by Gasteiger charge is -2.04.